The Hall–Kier alpha value is -2.47. The quantitative estimate of drug-likeness (QED) is 0.721. The zero-order chi connectivity index (χ0) is 17.6. The Morgan fingerprint density at radius 1 is 1.28 bits per heavy atom. The van der Waals surface area contributed by atoms with Crippen molar-refractivity contribution in [2.75, 3.05) is 5.32 Å². The fraction of sp³-hybridized carbons (Fsp3) is 0.316. The number of carboxylic acids is 1. The molecule has 6 heteroatoms. The monoisotopic (exact) mass is 353 g/mol. The smallest absolute Gasteiger partial charge is 0.335 e. The van der Waals surface area contributed by atoms with Gasteiger partial charge in [0.05, 0.1) is 10.9 Å². The van der Waals surface area contributed by atoms with E-state index in [9.17, 15) is 4.79 Å². The van der Waals surface area contributed by atoms with Gasteiger partial charge in [0.15, 0.2) is 0 Å². The third-order valence-electron chi connectivity index (χ3n) is 4.66. The van der Waals surface area contributed by atoms with Gasteiger partial charge in [0, 0.05) is 10.6 Å². The van der Waals surface area contributed by atoms with E-state index in [0.29, 0.717) is 0 Å². The number of aromatic nitrogens is 2. The van der Waals surface area contributed by atoms with Gasteiger partial charge in [0.2, 0.25) is 0 Å². The first-order valence-electron chi connectivity index (χ1n) is 8.40. The van der Waals surface area contributed by atoms with E-state index in [-0.39, 0.29) is 5.56 Å². The van der Waals surface area contributed by atoms with Crippen LogP contribution in [-0.4, -0.2) is 21.0 Å². The number of aryl methyl sites for hydroxylation is 2. The van der Waals surface area contributed by atoms with Gasteiger partial charge < -0.3 is 10.4 Å². The molecule has 25 heavy (non-hydrogen) atoms. The Balaban J connectivity index is 1.77. The number of nitrogens with one attached hydrogen (secondary N) is 1. The molecule has 1 atom stereocenters. The molecule has 0 bridgehead atoms. The molecule has 2 N–H and O–H groups in total. The fourth-order valence-electron chi connectivity index (χ4n) is 3.37. The first-order valence-corrected chi connectivity index (χ1v) is 9.22. The van der Waals surface area contributed by atoms with Crippen molar-refractivity contribution in [2.45, 2.75) is 33.1 Å². The van der Waals surface area contributed by atoms with Crippen molar-refractivity contribution < 1.29 is 9.90 Å². The summed E-state index contributed by atoms with van der Waals surface area (Å²) in [6.07, 6.45) is 3.37. The fourth-order valence-corrected chi connectivity index (χ4v) is 4.80. The van der Waals surface area contributed by atoms with Crippen LogP contribution in [0.4, 0.5) is 11.5 Å². The van der Waals surface area contributed by atoms with E-state index < -0.39 is 5.97 Å². The minimum absolute atomic E-state index is 0.275. The molecule has 0 spiro atoms. The van der Waals surface area contributed by atoms with E-state index in [0.717, 1.165) is 46.3 Å². The van der Waals surface area contributed by atoms with Crippen LogP contribution in [0.5, 0.6) is 0 Å². The number of anilines is 2. The second-order valence-electron chi connectivity index (χ2n) is 6.66. The summed E-state index contributed by atoms with van der Waals surface area (Å²) in [7, 11) is 0. The average Bonchev–Trinajstić information content (AvgIpc) is 2.92. The molecule has 0 amide bonds. The molecule has 1 unspecified atom stereocenters. The molecule has 3 aromatic rings. The van der Waals surface area contributed by atoms with Gasteiger partial charge in [-0.25, -0.2) is 14.8 Å². The van der Waals surface area contributed by atoms with E-state index in [1.165, 1.54) is 16.9 Å². The summed E-state index contributed by atoms with van der Waals surface area (Å²) in [5, 5.41) is 13.5. The zero-order valence-corrected chi connectivity index (χ0v) is 15.0. The number of benzene rings is 1. The number of carboxylic acid groups (broad SMARTS) is 1. The minimum atomic E-state index is -0.923. The molecular formula is C19H19N3O2S. The molecule has 1 aliphatic carbocycles. The molecule has 0 radical (unpaired) electrons. The number of aromatic carboxylic acids is 1. The predicted molar refractivity (Wildman–Crippen MR) is 100 cm³/mol. The third-order valence-corrected chi connectivity index (χ3v) is 5.81. The van der Waals surface area contributed by atoms with Crippen LogP contribution < -0.4 is 5.32 Å². The summed E-state index contributed by atoms with van der Waals surface area (Å²) in [5.41, 5.74) is 2.48. The second-order valence-corrected chi connectivity index (χ2v) is 7.74. The molecule has 0 aliphatic heterocycles. The maximum absolute atomic E-state index is 11.0. The number of rotatable bonds is 3. The van der Waals surface area contributed by atoms with Gasteiger partial charge in [-0.2, -0.15) is 0 Å². The van der Waals surface area contributed by atoms with Gasteiger partial charge in [-0.1, -0.05) is 6.92 Å². The van der Waals surface area contributed by atoms with E-state index in [4.69, 9.17) is 5.11 Å². The maximum atomic E-state index is 11.0. The molecule has 2 aromatic heterocycles. The molecule has 128 valence electrons. The zero-order valence-electron chi connectivity index (χ0n) is 14.2. The Labute approximate surface area is 149 Å². The average molecular weight is 353 g/mol. The molecule has 0 saturated carbocycles. The molecule has 0 saturated heterocycles. The number of fused-ring (bicyclic) bond motifs is 3. The number of hydrogen-bond acceptors (Lipinski definition) is 5. The topological polar surface area (TPSA) is 75.1 Å². The van der Waals surface area contributed by atoms with Gasteiger partial charge in [-0.15, -0.1) is 11.3 Å². The molecule has 0 fully saturated rings. The SMILES string of the molecule is Cc1nc(Nc2ccc(C(=O)O)cc2)c2c3c(sc2n1)CC(C)CC3. The predicted octanol–water partition coefficient (Wildman–Crippen LogP) is 4.57. The lowest BCUT2D eigenvalue weighted by Crippen LogP contribution is -2.09. The summed E-state index contributed by atoms with van der Waals surface area (Å²) in [6.45, 7) is 4.20. The maximum Gasteiger partial charge on any atom is 0.335 e. The molecule has 4 rings (SSSR count). The minimum Gasteiger partial charge on any atom is -0.478 e. The van der Waals surface area contributed by atoms with Crippen molar-refractivity contribution in [3.63, 3.8) is 0 Å². The van der Waals surface area contributed by atoms with Crippen molar-refractivity contribution >= 4 is 39.0 Å². The van der Waals surface area contributed by atoms with E-state index in [1.54, 1.807) is 35.6 Å². The van der Waals surface area contributed by atoms with Crippen LogP contribution in [0.2, 0.25) is 0 Å². The number of nitrogens with zero attached hydrogens (tertiary/aromatic N) is 2. The highest BCUT2D eigenvalue weighted by atomic mass is 32.1. The lowest BCUT2D eigenvalue weighted by Gasteiger charge is -2.18. The Kier molecular flexibility index (Phi) is 3.92. The van der Waals surface area contributed by atoms with E-state index >= 15 is 0 Å². The highest BCUT2D eigenvalue weighted by Gasteiger charge is 2.23. The lowest BCUT2D eigenvalue weighted by atomic mass is 9.89. The largest absolute Gasteiger partial charge is 0.478 e. The summed E-state index contributed by atoms with van der Waals surface area (Å²) in [4.78, 5) is 22.7. The molecule has 1 aromatic carbocycles. The Morgan fingerprint density at radius 2 is 2.04 bits per heavy atom. The van der Waals surface area contributed by atoms with Gasteiger partial charge >= 0.3 is 5.97 Å². The molecule has 1 aliphatic rings. The number of hydrogen-bond donors (Lipinski definition) is 2. The summed E-state index contributed by atoms with van der Waals surface area (Å²) >= 11 is 1.78. The van der Waals surface area contributed by atoms with Crippen LogP contribution in [0.15, 0.2) is 24.3 Å². The van der Waals surface area contributed by atoms with Crippen LogP contribution in [0.1, 0.15) is 40.0 Å². The van der Waals surface area contributed by atoms with Crippen LogP contribution in [0.3, 0.4) is 0 Å². The molecular weight excluding hydrogens is 334 g/mol. The first kappa shape index (κ1) is 16.0. The van der Waals surface area contributed by atoms with E-state index in [2.05, 4.69) is 22.2 Å². The second kappa shape index (κ2) is 6.11. The lowest BCUT2D eigenvalue weighted by molar-refractivity contribution is 0.0697. The van der Waals surface area contributed by atoms with Crippen molar-refractivity contribution in [2.24, 2.45) is 5.92 Å². The van der Waals surface area contributed by atoms with E-state index in [1.807, 2.05) is 6.92 Å². The van der Waals surface area contributed by atoms with Crippen molar-refractivity contribution in [3.05, 3.63) is 46.1 Å². The van der Waals surface area contributed by atoms with Crippen LogP contribution in [-0.2, 0) is 12.8 Å². The van der Waals surface area contributed by atoms with Crippen LogP contribution in [0.25, 0.3) is 10.2 Å². The normalized spacial score (nSPS) is 16.6. The molecule has 5 nitrogen and oxygen atoms in total. The van der Waals surface area contributed by atoms with Crippen molar-refractivity contribution in [1.82, 2.24) is 9.97 Å². The molecule has 2 heterocycles. The third kappa shape index (κ3) is 2.98. The van der Waals surface area contributed by atoms with Crippen LogP contribution in [0, 0.1) is 12.8 Å². The standard InChI is InChI=1S/C19H19N3O2S/c1-10-3-8-14-15(9-10)25-18-16(14)17(20-11(2)21-18)22-13-6-4-12(5-7-13)19(23)24/h4-7,10H,3,8-9H2,1-2H3,(H,23,24)(H,20,21,22). The number of carbonyl (C=O) groups is 1. The van der Waals surface area contributed by atoms with Gasteiger partial charge in [-0.05, 0) is 61.9 Å². The summed E-state index contributed by atoms with van der Waals surface area (Å²) in [6, 6.07) is 6.74. The number of thiophene rings is 1. The summed E-state index contributed by atoms with van der Waals surface area (Å²) < 4.78 is 0. The van der Waals surface area contributed by atoms with Gasteiger partial charge in [0.1, 0.15) is 16.5 Å². The van der Waals surface area contributed by atoms with Crippen LogP contribution >= 0.6 is 11.3 Å². The van der Waals surface area contributed by atoms with Gasteiger partial charge in [0.25, 0.3) is 0 Å². The van der Waals surface area contributed by atoms with Crippen molar-refractivity contribution in [3.8, 4) is 0 Å². The summed E-state index contributed by atoms with van der Waals surface area (Å²) in [5.74, 6) is 1.35. The highest BCUT2D eigenvalue weighted by Crippen LogP contribution is 2.40. The van der Waals surface area contributed by atoms with Crippen molar-refractivity contribution in [1.29, 1.82) is 0 Å². The Bertz CT molecular complexity index is 963. The highest BCUT2D eigenvalue weighted by molar-refractivity contribution is 7.19. The Morgan fingerprint density at radius 3 is 2.76 bits per heavy atom. The van der Waals surface area contributed by atoms with Gasteiger partial charge in [-0.3, -0.25) is 0 Å². The first-order chi connectivity index (χ1) is 12.0.